The molecule has 1 amide bonds. The van der Waals surface area contributed by atoms with E-state index in [1.807, 2.05) is 19.1 Å². The van der Waals surface area contributed by atoms with Crippen molar-refractivity contribution in [2.45, 2.75) is 31.7 Å². The summed E-state index contributed by atoms with van der Waals surface area (Å²) in [5.74, 6) is -1.17. The highest BCUT2D eigenvalue weighted by atomic mass is 16.5. The average Bonchev–Trinajstić information content (AvgIpc) is 2.44. The van der Waals surface area contributed by atoms with Gasteiger partial charge in [-0.2, -0.15) is 0 Å². The van der Waals surface area contributed by atoms with Crippen molar-refractivity contribution in [2.24, 2.45) is 5.73 Å². The summed E-state index contributed by atoms with van der Waals surface area (Å²) in [6.45, 7) is 2.28. The molecule has 0 fully saturated rings. The Kier molecular flexibility index (Phi) is 6.84. The molecule has 0 aromatic heterocycles. The fourth-order valence-corrected chi connectivity index (χ4v) is 1.89. The molecule has 116 valence electrons. The van der Waals surface area contributed by atoms with Crippen LogP contribution in [0.15, 0.2) is 24.3 Å². The average molecular weight is 294 g/mol. The molecule has 0 aliphatic carbocycles. The lowest BCUT2D eigenvalue weighted by Crippen LogP contribution is -2.36. The van der Waals surface area contributed by atoms with E-state index < -0.39 is 12.0 Å². The molecule has 1 rings (SSSR count). The Balaban J connectivity index is 2.58. The number of ether oxygens (including phenoxy) is 1. The van der Waals surface area contributed by atoms with Crippen LogP contribution in [0, 0.1) is 0 Å². The number of carboxylic acid groups (broad SMARTS) is 1. The number of amides is 1. The maximum absolute atomic E-state index is 11.8. The van der Waals surface area contributed by atoms with E-state index in [0.29, 0.717) is 18.7 Å². The van der Waals surface area contributed by atoms with Gasteiger partial charge >= 0.3 is 5.97 Å². The molecule has 1 aromatic rings. The third kappa shape index (κ3) is 5.93. The second-order valence-corrected chi connectivity index (χ2v) is 5.00. The first-order chi connectivity index (χ1) is 9.93. The van der Waals surface area contributed by atoms with Crippen LogP contribution in [0.25, 0.3) is 0 Å². The summed E-state index contributed by atoms with van der Waals surface area (Å²) in [5, 5.41) is 11.5. The normalized spacial score (nSPS) is 13.5. The molecule has 0 heterocycles. The number of aliphatic carboxylic acids is 1. The number of carbonyl (C=O) groups is 2. The lowest BCUT2D eigenvalue weighted by molar-refractivity contribution is -0.137. The van der Waals surface area contributed by atoms with E-state index in [0.717, 1.165) is 5.56 Å². The van der Waals surface area contributed by atoms with Crippen LogP contribution in [0.4, 0.5) is 5.69 Å². The van der Waals surface area contributed by atoms with E-state index in [1.165, 1.54) is 0 Å². The van der Waals surface area contributed by atoms with Crippen molar-refractivity contribution in [3.05, 3.63) is 29.8 Å². The van der Waals surface area contributed by atoms with E-state index in [9.17, 15) is 9.59 Å². The number of hydrogen-bond acceptors (Lipinski definition) is 4. The smallest absolute Gasteiger partial charge is 0.303 e. The second-order valence-electron chi connectivity index (χ2n) is 5.00. The first-order valence-electron chi connectivity index (χ1n) is 6.81. The molecule has 1 aromatic carbocycles. The molecule has 0 aliphatic heterocycles. The fourth-order valence-electron chi connectivity index (χ4n) is 1.89. The Labute approximate surface area is 124 Å². The number of nitrogens with one attached hydrogen (secondary N) is 1. The van der Waals surface area contributed by atoms with Gasteiger partial charge in [-0.25, -0.2) is 0 Å². The lowest BCUT2D eigenvalue weighted by Gasteiger charge is -2.13. The molecule has 0 bridgehead atoms. The molecule has 0 saturated heterocycles. The van der Waals surface area contributed by atoms with Gasteiger partial charge in [0, 0.05) is 19.4 Å². The molecule has 2 unspecified atom stereocenters. The molecule has 0 aliphatic rings. The Hall–Kier alpha value is -1.92. The lowest BCUT2D eigenvalue weighted by atomic mass is 9.98. The highest BCUT2D eigenvalue weighted by Crippen LogP contribution is 2.21. The standard InChI is InChI=1S/C15H22N2O4/c1-10(9-14(18)19)11-3-5-12(6-4-11)17-15(20)13(16)7-8-21-2/h3-6,10,13H,7-9,16H2,1-2H3,(H,17,20)(H,18,19). The maximum atomic E-state index is 11.8. The number of carboxylic acids is 1. The van der Waals surface area contributed by atoms with Crippen LogP contribution in [0.2, 0.25) is 0 Å². The van der Waals surface area contributed by atoms with Crippen molar-refractivity contribution in [1.82, 2.24) is 0 Å². The van der Waals surface area contributed by atoms with Gasteiger partial charge in [0.1, 0.15) is 0 Å². The van der Waals surface area contributed by atoms with Crippen LogP contribution in [-0.2, 0) is 14.3 Å². The summed E-state index contributed by atoms with van der Waals surface area (Å²) in [4.78, 5) is 22.5. The highest BCUT2D eigenvalue weighted by Gasteiger charge is 2.14. The zero-order valence-corrected chi connectivity index (χ0v) is 12.3. The molecular weight excluding hydrogens is 272 g/mol. The van der Waals surface area contributed by atoms with Gasteiger partial charge in [0.05, 0.1) is 12.5 Å². The minimum atomic E-state index is -0.830. The first-order valence-corrected chi connectivity index (χ1v) is 6.81. The summed E-state index contributed by atoms with van der Waals surface area (Å²) in [6.07, 6.45) is 0.531. The van der Waals surface area contributed by atoms with E-state index >= 15 is 0 Å². The number of rotatable bonds is 8. The van der Waals surface area contributed by atoms with E-state index in [1.54, 1.807) is 19.2 Å². The Morgan fingerprint density at radius 2 is 1.95 bits per heavy atom. The predicted octanol–water partition coefficient (Wildman–Crippen LogP) is 1.57. The van der Waals surface area contributed by atoms with Crippen molar-refractivity contribution in [3.8, 4) is 0 Å². The summed E-state index contributed by atoms with van der Waals surface area (Å²) < 4.78 is 4.88. The number of hydrogen-bond donors (Lipinski definition) is 3. The number of methoxy groups -OCH3 is 1. The number of benzene rings is 1. The zero-order valence-electron chi connectivity index (χ0n) is 12.3. The Morgan fingerprint density at radius 3 is 2.48 bits per heavy atom. The molecule has 21 heavy (non-hydrogen) atoms. The molecular formula is C15H22N2O4. The minimum Gasteiger partial charge on any atom is -0.481 e. The molecule has 4 N–H and O–H groups in total. The zero-order chi connectivity index (χ0) is 15.8. The minimum absolute atomic E-state index is 0.0730. The van der Waals surface area contributed by atoms with Crippen LogP contribution in [0.3, 0.4) is 0 Å². The summed E-state index contributed by atoms with van der Waals surface area (Å²) in [5.41, 5.74) is 7.28. The van der Waals surface area contributed by atoms with Crippen LogP contribution in [0.1, 0.15) is 31.2 Å². The molecule has 2 atom stereocenters. The van der Waals surface area contributed by atoms with Crippen molar-refractivity contribution in [3.63, 3.8) is 0 Å². The van der Waals surface area contributed by atoms with Crippen LogP contribution in [-0.4, -0.2) is 36.7 Å². The topological polar surface area (TPSA) is 102 Å². The highest BCUT2D eigenvalue weighted by molar-refractivity contribution is 5.94. The Morgan fingerprint density at radius 1 is 1.33 bits per heavy atom. The summed E-state index contributed by atoms with van der Waals surface area (Å²) in [6, 6.07) is 6.49. The van der Waals surface area contributed by atoms with E-state index in [-0.39, 0.29) is 18.2 Å². The number of anilines is 1. The van der Waals surface area contributed by atoms with Gasteiger partial charge in [-0.1, -0.05) is 19.1 Å². The fraction of sp³-hybridized carbons (Fsp3) is 0.467. The second kappa shape index (κ2) is 8.39. The van der Waals surface area contributed by atoms with Crippen LogP contribution >= 0.6 is 0 Å². The van der Waals surface area contributed by atoms with Gasteiger partial charge in [-0.3, -0.25) is 9.59 Å². The predicted molar refractivity (Wildman–Crippen MR) is 80.2 cm³/mol. The molecule has 0 radical (unpaired) electrons. The van der Waals surface area contributed by atoms with Gasteiger partial charge in [-0.05, 0) is 30.0 Å². The molecule has 6 heteroatoms. The Bertz CT molecular complexity index is 473. The molecule has 6 nitrogen and oxygen atoms in total. The van der Waals surface area contributed by atoms with Gasteiger partial charge in [0.15, 0.2) is 0 Å². The molecule has 0 saturated carbocycles. The SMILES string of the molecule is COCCC(N)C(=O)Nc1ccc(C(C)CC(=O)O)cc1. The van der Waals surface area contributed by atoms with Gasteiger partial charge in [0.2, 0.25) is 5.91 Å². The summed E-state index contributed by atoms with van der Waals surface area (Å²) >= 11 is 0. The third-order valence-electron chi connectivity index (χ3n) is 3.20. The van der Waals surface area contributed by atoms with Crippen LogP contribution in [0.5, 0.6) is 0 Å². The van der Waals surface area contributed by atoms with Crippen LogP contribution < -0.4 is 11.1 Å². The first kappa shape index (κ1) is 17.1. The van der Waals surface area contributed by atoms with Crippen molar-refractivity contribution >= 4 is 17.6 Å². The van der Waals surface area contributed by atoms with Gasteiger partial charge in [-0.15, -0.1) is 0 Å². The van der Waals surface area contributed by atoms with E-state index in [2.05, 4.69) is 5.32 Å². The number of carbonyl (C=O) groups excluding carboxylic acids is 1. The van der Waals surface area contributed by atoms with E-state index in [4.69, 9.17) is 15.6 Å². The van der Waals surface area contributed by atoms with Crippen molar-refractivity contribution in [1.29, 1.82) is 0 Å². The van der Waals surface area contributed by atoms with Gasteiger partial charge < -0.3 is 20.9 Å². The maximum Gasteiger partial charge on any atom is 0.303 e. The van der Waals surface area contributed by atoms with Crippen molar-refractivity contribution in [2.75, 3.05) is 19.0 Å². The number of nitrogens with two attached hydrogens (primary N) is 1. The largest absolute Gasteiger partial charge is 0.481 e. The van der Waals surface area contributed by atoms with Crippen molar-refractivity contribution < 1.29 is 19.4 Å². The summed E-state index contributed by atoms with van der Waals surface area (Å²) in [7, 11) is 1.56. The quantitative estimate of drug-likeness (QED) is 0.675. The monoisotopic (exact) mass is 294 g/mol. The molecule has 0 spiro atoms. The third-order valence-corrected chi connectivity index (χ3v) is 3.20. The van der Waals surface area contributed by atoms with Gasteiger partial charge in [0.25, 0.3) is 0 Å².